The lowest BCUT2D eigenvalue weighted by Crippen LogP contribution is -2.33. The number of nitrogens with one attached hydrogen (secondary N) is 2. The Balaban J connectivity index is 0.000000671. The van der Waals surface area contributed by atoms with E-state index in [4.69, 9.17) is 39.9 Å². The number of hydrogen-bond acceptors (Lipinski definition) is 5. The summed E-state index contributed by atoms with van der Waals surface area (Å²) in [7, 11) is 0. The van der Waals surface area contributed by atoms with Crippen LogP contribution < -0.4 is 10.9 Å². The average Bonchev–Trinajstić information content (AvgIpc) is 3.12. The molecular formula is C15H21Cl3N4O2. The number of fused-ring (bicyclic) bond motifs is 1. The van der Waals surface area contributed by atoms with Crippen LogP contribution in [0.4, 0.5) is 0 Å². The van der Waals surface area contributed by atoms with Gasteiger partial charge in [0.1, 0.15) is 18.0 Å². The molecule has 1 aromatic rings. The van der Waals surface area contributed by atoms with Crippen molar-refractivity contribution in [2.45, 2.75) is 46.4 Å². The lowest BCUT2D eigenvalue weighted by atomic mass is 10.1. The van der Waals surface area contributed by atoms with Crippen molar-refractivity contribution in [3.8, 4) is 0 Å². The molecule has 134 valence electrons. The first-order valence-corrected chi connectivity index (χ1v) is 8.85. The average molecular weight is 396 g/mol. The highest BCUT2D eigenvalue weighted by Crippen LogP contribution is 2.38. The maximum Gasteiger partial charge on any atom is 0.352 e. The monoisotopic (exact) mass is 394 g/mol. The second-order valence-corrected chi connectivity index (χ2v) is 5.68. The highest BCUT2D eigenvalue weighted by molar-refractivity contribution is 6.39. The molecule has 2 aliphatic heterocycles. The molecule has 3 rings (SSSR count). The minimum atomic E-state index is -1.03. The van der Waals surface area contributed by atoms with Crippen LogP contribution in [0.2, 0.25) is 15.1 Å². The molecule has 2 aliphatic rings. The summed E-state index contributed by atoms with van der Waals surface area (Å²) < 4.78 is 0. The molecule has 0 spiro atoms. The van der Waals surface area contributed by atoms with Crippen molar-refractivity contribution in [2.24, 2.45) is 5.10 Å². The lowest BCUT2D eigenvalue weighted by Gasteiger charge is -2.22. The van der Waals surface area contributed by atoms with Crippen molar-refractivity contribution in [1.29, 1.82) is 0 Å². The summed E-state index contributed by atoms with van der Waals surface area (Å²) in [6.07, 6.45) is -0.398. The van der Waals surface area contributed by atoms with E-state index in [-0.39, 0.29) is 11.9 Å². The van der Waals surface area contributed by atoms with Crippen LogP contribution in [0, 0.1) is 0 Å². The van der Waals surface area contributed by atoms with Crippen molar-refractivity contribution >= 4 is 46.5 Å². The standard InChI is InChI=1S/C11H9Cl3N4O2.2C2H6/c12-4-1-5(13)9(6(14)2-4)10-16-15-8-3-7(11(19)20)17-18(8)10;2*1-2/h1-2,8,10,15-16H,3H2,(H,19,20);2*1-2H3. The van der Waals surface area contributed by atoms with Gasteiger partial charge in [0.05, 0.1) is 10.0 Å². The molecule has 1 saturated heterocycles. The van der Waals surface area contributed by atoms with E-state index in [1.165, 1.54) is 0 Å². The van der Waals surface area contributed by atoms with E-state index in [9.17, 15) is 4.79 Å². The normalized spacial score (nSPS) is 21.1. The fourth-order valence-corrected chi connectivity index (χ4v) is 3.30. The topological polar surface area (TPSA) is 77.0 Å². The van der Waals surface area contributed by atoms with Gasteiger partial charge < -0.3 is 5.11 Å². The summed E-state index contributed by atoms with van der Waals surface area (Å²) in [5.41, 5.74) is 6.66. The third-order valence-corrected chi connectivity index (χ3v) is 4.00. The van der Waals surface area contributed by atoms with Gasteiger partial charge in [-0.3, -0.25) is 5.01 Å². The molecule has 24 heavy (non-hydrogen) atoms. The molecule has 3 N–H and O–H groups in total. The maximum atomic E-state index is 11.0. The number of carboxylic acid groups (broad SMARTS) is 1. The molecule has 0 bridgehead atoms. The number of hydrazone groups is 1. The predicted molar refractivity (Wildman–Crippen MR) is 98.5 cm³/mol. The molecule has 0 radical (unpaired) electrons. The lowest BCUT2D eigenvalue weighted by molar-refractivity contribution is -0.129. The minimum absolute atomic E-state index is 0.0928. The fourth-order valence-electron chi connectivity index (χ4n) is 2.27. The Labute approximate surface area is 156 Å². The summed E-state index contributed by atoms with van der Waals surface area (Å²) in [5.74, 6) is -1.03. The molecule has 0 saturated carbocycles. The molecule has 9 heteroatoms. The molecule has 6 nitrogen and oxygen atoms in total. The number of carboxylic acids is 1. The van der Waals surface area contributed by atoms with E-state index >= 15 is 0 Å². The second kappa shape index (κ2) is 9.44. The summed E-state index contributed by atoms with van der Waals surface area (Å²) in [5, 5.41) is 15.9. The van der Waals surface area contributed by atoms with E-state index in [1.54, 1.807) is 17.1 Å². The van der Waals surface area contributed by atoms with E-state index < -0.39 is 12.1 Å². The van der Waals surface area contributed by atoms with Crippen LogP contribution in [0.1, 0.15) is 45.8 Å². The first-order valence-electron chi connectivity index (χ1n) is 7.72. The summed E-state index contributed by atoms with van der Waals surface area (Å²) in [4.78, 5) is 11.0. The van der Waals surface area contributed by atoms with Gasteiger partial charge in [0.15, 0.2) is 0 Å². The van der Waals surface area contributed by atoms with Crippen LogP contribution in [0.5, 0.6) is 0 Å². The number of rotatable bonds is 2. The Morgan fingerprint density at radius 2 is 1.71 bits per heavy atom. The Hall–Kier alpha value is -1.05. The number of halogens is 3. The summed E-state index contributed by atoms with van der Waals surface area (Å²) in [6.45, 7) is 8.00. The van der Waals surface area contributed by atoms with Crippen LogP contribution in [-0.4, -0.2) is 28.0 Å². The van der Waals surface area contributed by atoms with Gasteiger partial charge in [-0.2, -0.15) is 5.10 Å². The van der Waals surface area contributed by atoms with Crippen LogP contribution in [-0.2, 0) is 4.79 Å². The Morgan fingerprint density at radius 3 is 2.21 bits per heavy atom. The molecule has 1 fully saturated rings. The smallest absolute Gasteiger partial charge is 0.352 e. The largest absolute Gasteiger partial charge is 0.477 e. The molecule has 1 aromatic carbocycles. The SMILES string of the molecule is CC.CC.O=C(O)C1=NN2C(C1)NNC2c1c(Cl)cc(Cl)cc1Cl. The minimum Gasteiger partial charge on any atom is -0.477 e. The van der Waals surface area contributed by atoms with Gasteiger partial charge >= 0.3 is 5.97 Å². The molecule has 0 aliphatic carbocycles. The highest BCUT2D eigenvalue weighted by atomic mass is 35.5. The third kappa shape index (κ3) is 4.32. The molecule has 0 amide bonds. The van der Waals surface area contributed by atoms with E-state index in [2.05, 4.69) is 16.0 Å². The van der Waals surface area contributed by atoms with Crippen molar-refractivity contribution in [3.05, 3.63) is 32.8 Å². The molecular weight excluding hydrogens is 375 g/mol. The number of nitrogens with zero attached hydrogens (tertiary/aromatic N) is 2. The van der Waals surface area contributed by atoms with Gasteiger partial charge in [-0.25, -0.2) is 15.6 Å². The van der Waals surface area contributed by atoms with Gasteiger partial charge in [0.2, 0.25) is 0 Å². The van der Waals surface area contributed by atoms with Gasteiger partial charge in [0, 0.05) is 17.0 Å². The quantitative estimate of drug-likeness (QED) is 0.697. The Kier molecular flexibility index (Phi) is 8.26. The highest BCUT2D eigenvalue weighted by Gasteiger charge is 2.41. The number of carbonyl (C=O) groups is 1. The maximum absolute atomic E-state index is 11.0. The van der Waals surface area contributed by atoms with Crippen LogP contribution in [0.3, 0.4) is 0 Å². The van der Waals surface area contributed by atoms with Crippen molar-refractivity contribution in [3.63, 3.8) is 0 Å². The van der Waals surface area contributed by atoms with Gasteiger partial charge in [-0.1, -0.05) is 62.5 Å². The van der Waals surface area contributed by atoms with Crippen molar-refractivity contribution in [2.75, 3.05) is 0 Å². The Morgan fingerprint density at radius 1 is 1.17 bits per heavy atom. The fraction of sp³-hybridized carbons (Fsp3) is 0.467. The zero-order chi connectivity index (χ0) is 18.4. The predicted octanol–water partition coefficient (Wildman–Crippen LogP) is 4.28. The zero-order valence-corrected chi connectivity index (χ0v) is 16.2. The van der Waals surface area contributed by atoms with E-state index in [0.29, 0.717) is 27.1 Å². The first kappa shape index (κ1) is 21.0. The van der Waals surface area contributed by atoms with Gasteiger partial charge in [-0.15, -0.1) is 0 Å². The third-order valence-electron chi connectivity index (χ3n) is 3.16. The summed E-state index contributed by atoms with van der Waals surface area (Å²) >= 11 is 18.2. The number of hydrogen-bond donors (Lipinski definition) is 3. The molecule has 2 unspecified atom stereocenters. The summed E-state index contributed by atoms with van der Waals surface area (Å²) in [6, 6.07) is 3.16. The molecule has 2 atom stereocenters. The van der Waals surface area contributed by atoms with Crippen molar-refractivity contribution < 1.29 is 9.90 Å². The van der Waals surface area contributed by atoms with E-state index in [0.717, 1.165) is 0 Å². The van der Waals surface area contributed by atoms with Crippen LogP contribution in [0.25, 0.3) is 0 Å². The van der Waals surface area contributed by atoms with Crippen LogP contribution >= 0.6 is 34.8 Å². The number of hydrazine groups is 1. The first-order chi connectivity index (χ1) is 11.5. The second-order valence-electron chi connectivity index (χ2n) is 4.43. The van der Waals surface area contributed by atoms with E-state index in [1.807, 2.05) is 27.7 Å². The van der Waals surface area contributed by atoms with Crippen LogP contribution in [0.15, 0.2) is 17.2 Å². The zero-order valence-electron chi connectivity index (χ0n) is 13.9. The molecule has 2 heterocycles. The molecule has 0 aromatic heterocycles. The van der Waals surface area contributed by atoms with Gasteiger partial charge in [-0.05, 0) is 12.1 Å². The number of aliphatic carboxylic acids is 1. The van der Waals surface area contributed by atoms with Crippen molar-refractivity contribution in [1.82, 2.24) is 15.9 Å². The number of benzene rings is 1. The Bertz CT molecular complexity index is 602. The van der Waals surface area contributed by atoms with Gasteiger partial charge in [0.25, 0.3) is 0 Å².